The molecule has 7 heteroatoms. The zero-order valence-electron chi connectivity index (χ0n) is 16.2. The molecule has 2 atom stereocenters. The van der Waals surface area contributed by atoms with Crippen molar-refractivity contribution in [3.05, 3.63) is 34.9 Å². The Hall–Kier alpha value is -2.08. The fourth-order valence-corrected chi connectivity index (χ4v) is 3.28. The van der Waals surface area contributed by atoms with Crippen LogP contribution < -0.4 is 5.32 Å². The molecule has 6 nitrogen and oxygen atoms in total. The van der Waals surface area contributed by atoms with E-state index in [-0.39, 0.29) is 23.6 Å². The van der Waals surface area contributed by atoms with Crippen LogP contribution in [0.25, 0.3) is 0 Å². The molecule has 0 spiro atoms. The first-order valence-corrected chi connectivity index (χ1v) is 9.82. The number of hydrogen-bond donors (Lipinski definition) is 1. The van der Waals surface area contributed by atoms with Gasteiger partial charge in [0.25, 0.3) is 5.91 Å². The van der Waals surface area contributed by atoms with Gasteiger partial charge in [-0.25, -0.2) is 0 Å². The monoisotopic (exact) mass is 393 g/mol. The Labute approximate surface area is 165 Å². The standard InChI is InChI=1S/C20H28ClN3O3/c1-4-14(2)18(22-19(26)16-6-8-17(21)9-7-16)20(27)24-11-5-10-23(12-13-24)15(3)25/h6-9,14,18H,4-5,10-13H2,1-3H3,(H,22,26). The first-order chi connectivity index (χ1) is 12.8. The Balaban J connectivity index is 2.10. The number of hydrogen-bond acceptors (Lipinski definition) is 3. The maximum Gasteiger partial charge on any atom is 0.251 e. The van der Waals surface area contributed by atoms with Crippen LogP contribution in [-0.2, 0) is 9.59 Å². The summed E-state index contributed by atoms with van der Waals surface area (Å²) in [7, 11) is 0. The summed E-state index contributed by atoms with van der Waals surface area (Å²) >= 11 is 5.88. The smallest absolute Gasteiger partial charge is 0.251 e. The Morgan fingerprint density at radius 2 is 1.67 bits per heavy atom. The van der Waals surface area contributed by atoms with Gasteiger partial charge in [0.1, 0.15) is 6.04 Å². The number of benzene rings is 1. The van der Waals surface area contributed by atoms with E-state index in [9.17, 15) is 14.4 Å². The van der Waals surface area contributed by atoms with E-state index in [0.29, 0.717) is 36.8 Å². The molecule has 1 heterocycles. The van der Waals surface area contributed by atoms with Crippen LogP contribution in [0.1, 0.15) is 44.0 Å². The van der Waals surface area contributed by atoms with E-state index in [1.165, 1.54) is 0 Å². The zero-order valence-corrected chi connectivity index (χ0v) is 17.0. The van der Waals surface area contributed by atoms with Gasteiger partial charge in [0.05, 0.1) is 0 Å². The van der Waals surface area contributed by atoms with Gasteiger partial charge in [0, 0.05) is 43.7 Å². The summed E-state index contributed by atoms with van der Waals surface area (Å²) in [5.74, 6) is -0.345. The number of nitrogens with zero attached hydrogens (tertiary/aromatic N) is 2. The molecule has 3 amide bonds. The van der Waals surface area contributed by atoms with Crippen molar-refractivity contribution in [2.75, 3.05) is 26.2 Å². The quantitative estimate of drug-likeness (QED) is 0.835. The van der Waals surface area contributed by atoms with Gasteiger partial charge in [0.15, 0.2) is 0 Å². The summed E-state index contributed by atoms with van der Waals surface area (Å²) < 4.78 is 0. The van der Waals surface area contributed by atoms with Crippen molar-refractivity contribution in [1.29, 1.82) is 0 Å². The van der Waals surface area contributed by atoms with Gasteiger partial charge < -0.3 is 15.1 Å². The molecule has 0 aromatic heterocycles. The molecule has 1 aromatic rings. The molecule has 0 bridgehead atoms. The molecule has 27 heavy (non-hydrogen) atoms. The summed E-state index contributed by atoms with van der Waals surface area (Å²) in [4.78, 5) is 40.9. The summed E-state index contributed by atoms with van der Waals surface area (Å²) in [5, 5.41) is 3.46. The lowest BCUT2D eigenvalue weighted by Crippen LogP contribution is -2.52. The van der Waals surface area contributed by atoms with Crippen LogP contribution >= 0.6 is 11.6 Å². The van der Waals surface area contributed by atoms with Crippen LogP contribution in [0.4, 0.5) is 0 Å². The molecular formula is C20H28ClN3O3. The first-order valence-electron chi connectivity index (χ1n) is 9.44. The molecule has 1 saturated heterocycles. The van der Waals surface area contributed by atoms with Crippen molar-refractivity contribution in [3.63, 3.8) is 0 Å². The van der Waals surface area contributed by atoms with Gasteiger partial charge in [-0.1, -0.05) is 31.9 Å². The van der Waals surface area contributed by atoms with Gasteiger partial charge in [-0.15, -0.1) is 0 Å². The van der Waals surface area contributed by atoms with Crippen molar-refractivity contribution < 1.29 is 14.4 Å². The number of nitrogens with one attached hydrogen (secondary N) is 1. The third-order valence-electron chi connectivity index (χ3n) is 5.12. The molecular weight excluding hydrogens is 366 g/mol. The van der Waals surface area contributed by atoms with E-state index in [1.54, 1.807) is 41.0 Å². The largest absolute Gasteiger partial charge is 0.341 e. The average molecular weight is 394 g/mol. The van der Waals surface area contributed by atoms with Crippen molar-refractivity contribution in [1.82, 2.24) is 15.1 Å². The highest BCUT2D eigenvalue weighted by Gasteiger charge is 2.31. The number of rotatable bonds is 5. The molecule has 1 N–H and O–H groups in total. The lowest BCUT2D eigenvalue weighted by Gasteiger charge is -2.30. The Morgan fingerprint density at radius 1 is 1.07 bits per heavy atom. The van der Waals surface area contributed by atoms with Crippen molar-refractivity contribution >= 4 is 29.3 Å². The normalized spacial score (nSPS) is 17.0. The van der Waals surface area contributed by atoms with Crippen molar-refractivity contribution in [2.45, 2.75) is 39.7 Å². The van der Waals surface area contributed by atoms with E-state index >= 15 is 0 Å². The molecule has 1 aliphatic rings. The Kier molecular flexibility index (Phi) is 7.66. The van der Waals surface area contributed by atoms with E-state index in [2.05, 4.69) is 5.32 Å². The second-order valence-corrected chi connectivity index (χ2v) is 7.46. The highest BCUT2D eigenvalue weighted by molar-refractivity contribution is 6.30. The molecule has 0 radical (unpaired) electrons. The third kappa shape index (κ3) is 5.70. The third-order valence-corrected chi connectivity index (χ3v) is 5.38. The topological polar surface area (TPSA) is 69.7 Å². The molecule has 2 unspecified atom stereocenters. The summed E-state index contributed by atoms with van der Waals surface area (Å²) in [6.07, 6.45) is 1.51. The summed E-state index contributed by atoms with van der Waals surface area (Å²) in [6, 6.07) is 6.00. The van der Waals surface area contributed by atoms with Crippen molar-refractivity contribution in [3.8, 4) is 0 Å². The highest BCUT2D eigenvalue weighted by Crippen LogP contribution is 2.15. The fraction of sp³-hybridized carbons (Fsp3) is 0.550. The minimum atomic E-state index is -0.595. The maximum absolute atomic E-state index is 13.1. The molecule has 1 aromatic carbocycles. The van der Waals surface area contributed by atoms with E-state index in [1.807, 2.05) is 13.8 Å². The second-order valence-electron chi connectivity index (χ2n) is 7.03. The van der Waals surface area contributed by atoms with E-state index in [4.69, 9.17) is 11.6 Å². The molecule has 2 rings (SSSR count). The highest BCUT2D eigenvalue weighted by atomic mass is 35.5. The predicted molar refractivity (Wildman–Crippen MR) is 106 cm³/mol. The van der Waals surface area contributed by atoms with Crippen LogP contribution in [-0.4, -0.2) is 59.7 Å². The lowest BCUT2D eigenvalue weighted by atomic mass is 9.97. The van der Waals surface area contributed by atoms with E-state index in [0.717, 1.165) is 12.8 Å². The summed E-state index contributed by atoms with van der Waals surface area (Å²) in [5.41, 5.74) is 0.471. The van der Waals surface area contributed by atoms with Crippen molar-refractivity contribution in [2.24, 2.45) is 5.92 Å². The van der Waals surface area contributed by atoms with E-state index < -0.39 is 6.04 Å². The minimum Gasteiger partial charge on any atom is -0.341 e. The molecule has 1 aliphatic heterocycles. The van der Waals surface area contributed by atoms with Crippen LogP contribution in [0.5, 0.6) is 0 Å². The number of amides is 3. The maximum atomic E-state index is 13.1. The SMILES string of the molecule is CCC(C)C(NC(=O)c1ccc(Cl)cc1)C(=O)N1CCCN(C(C)=O)CC1. The average Bonchev–Trinajstić information content (AvgIpc) is 2.91. The van der Waals surface area contributed by atoms with Crippen LogP contribution in [0.15, 0.2) is 24.3 Å². The van der Waals surface area contributed by atoms with Crippen LogP contribution in [0.2, 0.25) is 5.02 Å². The molecule has 0 saturated carbocycles. The Bertz CT molecular complexity index is 678. The fourth-order valence-electron chi connectivity index (χ4n) is 3.16. The first kappa shape index (κ1) is 21.2. The number of carbonyl (C=O) groups is 3. The van der Waals surface area contributed by atoms with Gasteiger partial charge in [-0.2, -0.15) is 0 Å². The zero-order chi connectivity index (χ0) is 20.0. The second kappa shape index (κ2) is 9.74. The number of halogens is 1. The predicted octanol–water partition coefficient (Wildman–Crippen LogP) is 2.57. The van der Waals surface area contributed by atoms with Gasteiger partial charge in [-0.3, -0.25) is 14.4 Å². The summed E-state index contributed by atoms with van der Waals surface area (Å²) in [6.45, 7) is 7.77. The Morgan fingerprint density at radius 3 is 2.26 bits per heavy atom. The van der Waals surface area contributed by atoms with Gasteiger partial charge in [-0.05, 0) is 36.6 Å². The van der Waals surface area contributed by atoms with Gasteiger partial charge in [0.2, 0.25) is 11.8 Å². The molecule has 0 aliphatic carbocycles. The molecule has 148 valence electrons. The van der Waals surface area contributed by atoms with Gasteiger partial charge >= 0.3 is 0 Å². The number of carbonyl (C=O) groups excluding carboxylic acids is 3. The molecule has 1 fully saturated rings. The minimum absolute atomic E-state index is 0.000846. The van der Waals surface area contributed by atoms with Crippen LogP contribution in [0, 0.1) is 5.92 Å². The van der Waals surface area contributed by atoms with Crippen LogP contribution in [0.3, 0.4) is 0 Å². The lowest BCUT2D eigenvalue weighted by molar-refractivity contribution is -0.135.